The van der Waals surface area contributed by atoms with Gasteiger partial charge in [-0.2, -0.15) is 0 Å². The van der Waals surface area contributed by atoms with Crippen molar-refractivity contribution in [3.63, 3.8) is 0 Å². The zero-order chi connectivity index (χ0) is 19.9. The van der Waals surface area contributed by atoms with Gasteiger partial charge in [-0.15, -0.1) is 24.0 Å². The smallest absolute Gasteiger partial charge is 0.211 e. The number of ether oxygens (including phenoxy) is 1. The van der Waals surface area contributed by atoms with E-state index >= 15 is 0 Å². The van der Waals surface area contributed by atoms with Crippen LogP contribution in [0.4, 0.5) is 0 Å². The molecule has 0 unspecified atom stereocenters. The van der Waals surface area contributed by atoms with E-state index in [1.807, 2.05) is 19.2 Å². The molecule has 0 saturated carbocycles. The Balaban J connectivity index is 0.00000392. The highest BCUT2D eigenvalue weighted by Crippen LogP contribution is 2.19. The van der Waals surface area contributed by atoms with Gasteiger partial charge in [0, 0.05) is 39.8 Å². The molecule has 7 nitrogen and oxygen atoms in total. The van der Waals surface area contributed by atoms with Crippen LogP contribution in [0.2, 0.25) is 0 Å². The molecule has 0 atom stereocenters. The third-order valence-corrected chi connectivity index (χ3v) is 6.12. The number of hydrogen-bond acceptors (Lipinski definition) is 4. The van der Waals surface area contributed by atoms with Crippen molar-refractivity contribution in [2.45, 2.75) is 26.3 Å². The Labute approximate surface area is 186 Å². The second kappa shape index (κ2) is 11.8. The highest BCUT2D eigenvalue weighted by Gasteiger charge is 2.24. The second-order valence-electron chi connectivity index (χ2n) is 7.00. The predicted molar refractivity (Wildman–Crippen MR) is 125 cm³/mol. The summed E-state index contributed by atoms with van der Waals surface area (Å²) in [6, 6.07) is 8.03. The average molecular weight is 524 g/mol. The van der Waals surface area contributed by atoms with Crippen LogP contribution in [0.3, 0.4) is 0 Å². The number of nitrogens with one attached hydrogen (secondary N) is 1. The van der Waals surface area contributed by atoms with Crippen LogP contribution in [0.1, 0.15) is 25.3 Å². The van der Waals surface area contributed by atoms with Gasteiger partial charge in [0.05, 0.1) is 13.4 Å². The number of piperidine rings is 1. The van der Waals surface area contributed by atoms with E-state index in [-0.39, 0.29) is 24.0 Å². The van der Waals surface area contributed by atoms with E-state index in [1.54, 1.807) is 11.4 Å². The number of rotatable bonds is 7. The van der Waals surface area contributed by atoms with Crippen molar-refractivity contribution in [1.82, 2.24) is 14.5 Å². The number of benzene rings is 1. The van der Waals surface area contributed by atoms with Gasteiger partial charge in [-0.3, -0.25) is 4.99 Å². The van der Waals surface area contributed by atoms with Crippen LogP contribution < -0.4 is 10.1 Å². The van der Waals surface area contributed by atoms with Crippen molar-refractivity contribution < 1.29 is 13.2 Å². The zero-order valence-electron chi connectivity index (χ0n) is 17.2. The standard InChI is InChI=1S/C19H32N4O3S.HI/c1-5-20-19(22(2)15-17-6-8-18(26-3)9-7-17)21-14-16-10-12-23(13-11-16)27(4,24)25;/h6-9,16H,5,10-15H2,1-4H3,(H,20,21);1H. The van der Waals surface area contributed by atoms with Crippen LogP contribution in [0, 0.1) is 5.92 Å². The minimum absolute atomic E-state index is 0. The molecule has 0 aliphatic carbocycles. The number of nitrogens with zero attached hydrogens (tertiary/aromatic N) is 3. The predicted octanol–water partition coefficient (Wildman–Crippen LogP) is 2.38. The maximum atomic E-state index is 11.6. The topological polar surface area (TPSA) is 74.2 Å². The van der Waals surface area contributed by atoms with E-state index in [2.05, 4.69) is 29.3 Å². The Morgan fingerprint density at radius 2 is 1.89 bits per heavy atom. The van der Waals surface area contributed by atoms with Gasteiger partial charge in [-0.25, -0.2) is 12.7 Å². The molecular weight excluding hydrogens is 491 g/mol. The van der Waals surface area contributed by atoms with Crippen molar-refractivity contribution in [3.05, 3.63) is 29.8 Å². The highest BCUT2D eigenvalue weighted by molar-refractivity contribution is 14.0. The summed E-state index contributed by atoms with van der Waals surface area (Å²) in [5.41, 5.74) is 1.19. The zero-order valence-corrected chi connectivity index (χ0v) is 20.4. The van der Waals surface area contributed by atoms with E-state index in [4.69, 9.17) is 9.73 Å². The lowest BCUT2D eigenvalue weighted by Gasteiger charge is -2.30. The Morgan fingerprint density at radius 1 is 1.29 bits per heavy atom. The van der Waals surface area contributed by atoms with Gasteiger partial charge in [0.1, 0.15) is 5.75 Å². The molecule has 0 bridgehead atoms. The Bertz CT molecular complexity index is 717. The van der Waals surface area contributed by atoms with Gasteiger partial charge >= 0.3 is 0 Å². The third kappa shape index (κ3) is 7.75. The Hall–Kier alpha value is -1.07. The third-order valence-electron chi connectivity index (χ3n) is 4.82. The molecule has 1 N–H and O–H groups in total. The molecule has 0 amide bonds. The van der Waals surface area contributed by atoms with Gasteiger partial charge in [0.25, 0.3) is 0 Å². The lowest BCUT2D eigenvalue weighted by molar-refractivity contribution is 0.279. The lowest BCUT2D eigenvalue weighted by atomic mass is 9.98. The van der Waals surface area contributed by atoms with Gasteiger partial charge in [-0.1, -0.05) is 12.1 Å². The molecule has 2 rings (SSSR count). The number of guanidine groups is 1. The first kappa shape index (κ1) is 25.0. The van der Waals surface area contributed by atoms with Crippen molar-refractivity contribution in [3.8, 4) is 5.75 Å². The largest absolute Gasteiger partial charge is 0.497 e. The summed E-state index contributed by atoms with van der Waals surface area (Å²) < 4.78 is 30.0. The Kier molecular flexibility index (Phi) is 10.5. The molecular formula is C19H33IN4O3S. The molecule has 0 aromatic heterocycles. The summed E-state index contributed by atoms with van der Waals surface area (Å²) in [5, 5.41) is 3.34. The van der Waals surface area contributed by atoms with Crippen LogP contribution in [0.15, 0.2) is 29.3 Å². The number of hydrogen-bond donors (Lipinski definition) is 1. The number of sulfonamides is 1. The molecule has 0 radical (unpaired) electrons. The minimum Gasteiger partial charge on any atom is -0.497 e. The average Bonchev–Trinajstić information content (AvgIpc) is 2.65. The fourth-order valence-corrected chi connectivity index (χ4v) is 4.06. The van der Waals surface area contributed by atoms with Gasteiger partial charge in [0.2, 0.25) is 10.0 Å². The molecule has 1 aromatic rings. The first-order valence-corrected chi connectivity index (χ1v) is 11.3. The van der Waals surface area contributed by atoms with Crippen molar-refractivity contribution in [2.75, 3.05) is 46.6 Å². The van der Waals surface area contributed by atoms with Gasteiger partial charge in [-0.05, 0) is 43.4 Å². The molecule has 1 aliphatic rings. The van der Waals surface area contributed by atoms with E-state index < -0.39 is 10.0 Å². The van der Waals surface area contributed by atoms with Crippen LogP contribution in [0.5, 0.6) is 5.75 Å². The molecule has 28 heavy (non-hydrogen) atoms. The fourth-order valence-electron chi connectivity index (χ4n) is 3.19. The Morgan fingerprint density at radius 3 is 2.39 bits per heavy atom. The summed E-state index contributed by atoms with van der Waals surface area (Å²) in [5.74, 6) is 2.15. The maximum Gasteiger partial charge on any atom is 0.211 e. The number of halogens is 1. The van der Waals surface area contributed by atoms with Crippen molar-refractivity contribution in [1.29, 1.82) is 0 Å². The maximum absolute atomic E-state index is 11.6. The summed E-state index contributed by atoms with van der Waals surface area (Å²) in [4.78, 5) is 6.90. The first-order chi connectivity index (χ1) is 12.8. The van der Waals surface area contributed by atoms with Crippen molar-refractivity contribution >= 4 is 40.0 Å². The van der Waals surface area contributed by atoms with Gasteiger partial charge in [0.15, 0.2) is 5.96 Å². The minimum atomic E-state index is -3.07. The van der Waals surface area contributed by atoms with E-state index in [9.17, 15) is 8.42 Å². The quantitative estimate of drug-likeness (QED) is 0.337. The molecule has 1 fully saturated rings. The summed E-state index contributed by atoms with van der Waals surface area (Å²) in [6.45, 7) is 5.52. The summed E-state index contributed by atoms with van der Waals surface area (Å²) in [7, 11) is 0.616. The van der Waals surface area contributed by atoms with Crippen LogP contribution >= 0.6 is 24.0 Å². The number of methoxy groups -OCH3 is 1. The second-order valence-corrected chi connectivity index (χ2v) is 8.99. The molecule has 160 valence electrons. The summed E-state index contributed by atoms with van der Waals surface area (Å²) in [6.07, 6.45) is 3.00. The molecule has 9 heteroatoms. The monoisotopic (exact) mass is 524 g/mol. The molecule has 1 aromatic carbocycles. The van der Waals surface area contributed by atoms with E-state index in [0.29, 0.717) is 25.6 Å². The molecule has 1 saturated heterocycles. The van der Waals surface area contributed by atoms with Crippen molar-refractivity contribution in [2.24, 2.45) is 10.9 Å². The SMILES string of the molecule is CCNC(=NCC1CCN(S(C)(=O)=O)CC1)N(C)Cc1ccc(OC)cc1.I. The van der Waals surface area contributed by atoms with Crippen LogP contribution in [0.25, 0.3) is 0 Å². The molecule has 1 heterocycles. The normalized spacial score (nSPS) is 16.4. The molecule has 1 aliphatic heterocycles. The van der Waals surface area contributed by atoms with Crippen LogP contribution in [-0.4, -0.2) is 70.2 Å². The van der Waals surface area contributed by atoms with E-state index in [1.165, 1.54) is 11.8 Å². The number of aliphatic imine (C=N–C) groups is 1. The summed E-state index contributed by atoms with van der Waals surface area (Å²) >= 11 is 0. The van der Waals surface area contributed by atoms with Crippen LogP contribution in [-0.2, 0) is 16.6 Å². The fraction of sp³-hybridized carbons (Fsp3) is 0.632. The highest BCUT2D eigenvalue weighted by atomic mass is 127. The van der Waals surface area contributed by atoms with E-state index in [0.717, 1.165) is 37.6 Å². The first-order valence-electron chi connectivity index (χ1n) is 9.41. The molecule has 0 spiro atoms. The lowest BCUT2D eigenvalue weighted by Crippen LogP contribution is -2.40. The van der Waals surface area contributed by atoms with Gasteiger partial charge < -0.3 is 15.0 Å².